The van der Waals surface area contributed by atoms with Crippen LogP contribution in [0, 0.1) is 0 Å². The average Bonchev–Trinajstić information content (AvgIpc) is 2.28. The normalized spacial score (nSPS) is 9.20. The van der Waals surface area contributed by atoms with Gasteiger partial charge < -0.3 is 10.1 Å². The molecule has 0 saturated carbocycles. The Kier molecular flexibility index (Phi) is 3.74. The summed E-state index contributed by atoms with van der Waals surface area (Å²) in [7, 11) is 3.28. The Bertz CT molecular complexity index is 349. The molecule has 0 spiro atoms. The van der Waals surface area contributed by atoms with Gasteiger partial charge in [0, 0.05) is 14.1 Å². The third-order valence-corrected chi connectivity index (χ3v) is 1.92. The van der Waals surface area contributed by atoms with Crippen LogP contribution in [0.2, 0.25) is 0 Å². The topological polar surface area (TPSA) is 41.6 Å². The van der Waals surface area contributed by atoms with Gasteiger partial charge in [0.25, 0.3) is 0 Å². The van der Waals surface area contributed by atoms with Crippen molar-refractivity contribution in [2.24, 2.45) is 0 Å². The first-order valence-corrected chi connectivity index (χ1v) is 4.52. The van der Waals surface area contributed by atoms with Crippen LogP contribution in [-0.4, -0.2) is 25.1 Å². The Labute approximate surface area is 89.2 Å². The van der Waals surface area contributed by atoms with Crippen LogP contribution < -0.4 is 10.1 Å². The molecule has 0 aliphatic rings. The van der Waals surface area contributed by atoms with Crippen molar-refractivity contribution in [3.8, 4) is 5.75 Å². The van der Waals surface area contributed by atoms with E-state index in [9.17, 15) is 4.79 Å². The van der Waals surface area contributed by atoms with Gasteiger partial charge in [0.15, 0.2) is 0 Å². The maximum absolute atomic E-state index is 11.5. The minimum Gasteiger partial charge on any atom is -0.410 e. The van der Waals surface area contributed by atoms with Crippen molar-refractivity contribution in [3.63, 3.8) is 0 Å². The van der Waals surface area contributed by atoms with Gasteiger partial charge in [-0.3, -0.25) is 4.90 Å². The number of hydrogen-bond donors (Lipinski definition) is 1. The minimum atomic E-state index is -0.472. The van der Waals surface area contributed by atoms with Crippen molar-refractivity contribution in [2.45, 2.75) is 0 Å². The Hall–Kier alpha value is -1.97. The summed E-state index contributed by atoms with van der Waals surface area (Å²) in [5, 5.41) is 2.76. The molecule has 1 aromatic carbocycles. The summed E-state index contributed by atoms with van der Waals surface area (Å²) in [4.78, 5) is 12.8. The van der Waals surface area contributed by atoms with Gasteiger partial charge in [0.2, 0.25) is 0 Å². The first-order valence-electron chi connectivity index (χ1n) is 4.52. The van der Waals surface area contributed by atoms with Crippen LogP contribution in [0.5, 0.6) is 5.75 Å². The smallest absolute Gasteiger partial charge is 0.410 e. The number of nitrogens with zero attached hydrogens (tertiary/aromatic N) is 1. The van der Waals surface area contributed by atoms with Crippen molar-refractivity contribution < 1.29 is 9.53 Å². The molecule has 0 bridgehead atoms. The fourth-order valence-corrected chi connectivity index (χ4v) is 0.936. The second-order valence-electron chi connectivity index (χ2n) is 2.94. The van der Waals surface area contributed by atoms with E-state index in [4.69, 9.17) is 4.74 Å². The minimum absolute atomic E-state index is 0.472. The number of para-hydroxylation sites is 1. The number of nitrogens with one attached hydrogen (secondary N) is 1. The maximum atomic E-state index is 11.5. The van der Waals surface area contributed by atoms with Crippen LogP contribution >= 0.6 is 0 Å². The van der Waals surface area contributed by atoms with Crippen molar-refractivity contribution in [3.05, 3.63) is 42.7 Å². The van der Waals surface area contributed by atoms with Crippen LogP contribution in [0.1, 0.15) is 0 Å². The molecule has 15 heavy (non-hydrogen) atoms. The molecule has 0 aliphatic heterocycles. The van der Waals surface area contributed by atoms with Gasteiger partial charge in [-0.15, -0.1) is 0 Å². The lowest BCUT2D eigenvalue weighted by Gasteiger charge is -2.18. The zero-order valence-electron chi connectivity index (χ0n) is 8.86. The molecule has 0 aromatic heterocycles. The molecular weight excluding hydrogens is 192 g/mol. The van der Waals surface area contributed by atoms with E-state index in [1.165, 1.54) is 4.90 Å². The molecule has 0 radical (unpaired) electrons. The van der Waals surface area contributed by atoms with Gasteiger partial charge in [0.05, 0.1) is 0 Å². The van der Waals surface area contributed by atoms with Crippen LogP contribution in [0.3, 0.4) is 0 Å². The summed E-state index contributed by atoms with van der Waals surface area (Å²) in [6, 6.07) is 8.89. The van der Waals surface area contributed by atoms with Crippen LogP contribution in [-0.2, 0) is 0 Å². The van der Waals surface area contributed by atoms with Gasteiger partial charge in [-0.2, -0.15) is 0 Å². The van der Waals surface area contributed by atoms with E-state index in [1.807, 2.05) is 6.07 Å². The standard InChI is InChI=1S/C11H14N2O2/c1-9(12-2)13(3)11(14)15-10-7-5-4-6-8-10/h4-8,12H,1H2,2-3H3. The van der Waals surface area contributed by atoms with Gasteiger partial charge in [-0.05, 0) is 12.1 Å². The third-order valence-electron chi connectivity index (χ3n) is 1.92. The number of ether oxygens (including phenoxy) is 1. The Morgan fingerprint density at radius 3 is 2.53 bits per heavy atom. The summed E-state index contributed by atoms with van der Waals surface area (Å²) in [6.07, 6.45) is -0.472. The summed E-state index contributed by atoms with van der Waals surface area (Å²) < 4.78 is 5.09. The van der Waals surface area contributed by atoms with Crippen LogP contribution in [0.15, 0.2) is 42.7 Å². The number of rotatable bonds is 3. The van der Waals surface area contributed by atoms with Crippen molar-refractivity contribution in [1.82, 2.24) is 10.2 Å². The molecule has 1 N–H and O–H groups in total. The molecule has 0 fully saturated rings. The van der Waals surface area contributed by atoms with Crippen LogP contribution in [0.4, 0.5) is 4.79 Å². The summed E-state index contributed by atoms with van der Waals surface area (Å²) in [6.45, 7) is 3.65. The molecule has 1 amide bonds. The number of amides is 1. The predicted molar refractivity (Wildman–Crippen MR) is 58.4 cm³/mol. The van der Waals surface area contributed by atoms with Crippen molar-refractivity contribution >= 4 is 6.09 Å². The largest absolute Gasteiger partial charge is 0.420 e. The first kappa shape index (κ1) is 11.1. The highest BCUT2D eigenvalue weighted by atomic mass is 16.6. The number of hydrogen-bond acceptors (Lipinski definition) is 3. The SMILES string of the molecule is C=C(NC)N(C)C(=O)Oc1ccccc1. The van der Waals surface area contributed by atoms with Crippen LogP contribution in [0.25, 0.3) is 0 Å². The van der Waals surface area contributed by atoms with E-state index in [-0.39, 0.29) is 0 Å². The zero-order chi connectivity index (χ0) is 11.3. The van der Waals surface area contributed by atoms with E-state index in [0.29, 0.717) is 11.6 Å². The molecule has 1 aromatic rings. The lowest BCUT2D eigenvalue weighted by Crippen LogP contribution is -2.33. The molecule has 1 rings (SSSR count). The van der Waals surface area contributed by atoms with Crippen molar-refractivity contribution in [1.29, 1.82) is 0 Å². The highest BCUT2D eigenvalue weighted by Crippen LogP contribution is 2.10. The van der Waals surface area contributed by atoms with Gasteiger partial charge in [0.1, 0.15) is 11.6 Å². The maximum Gasteiger partial charge on any atom is 0.420 e. The summed E-state index contributed by atoms with van der Waals surface area (Å²) >= 11 is 0. The lowest BCUT2D eigenvalue weighted by molar-refractivity contribution is 0.172. The number of carbonyl (C=O) groups excluding carboxylic acids is 1. The van der Waals surface area contributed by atoms with E-state index < -0.39 is 6.09 Å². The average molecular weight is 206 g/mol. The molecule has 0 aliphatic carbocycles. The van der Waals surface area contributed by atoms with E-state index in [2.05, 4.69) is 11.9 Å². The number of carbonyl (C=O) groups is 1. The van der Waals surface area contributed by atoms with Gasteiger partial charge >= 0.3 is 6.09 Å². The lowest BCUT2D eigenvalue weighted by atomic mass is 10.3. The van der Waals surface area contributed by atoms with Gasteiger partial charge in [-0.1, -0.05) is 24.8 Å². The van der Waals surface area contributed by atoms with E-state index >= 15 is 0 Å². The quantitative estimate of drug-likeness (QED) is 0.820. The molecule has 0 unspecified atom stereocenters. The fourth-order valence-electron chi connectivity index (χ4n) is 0.936. The molecule has 4 nitrogen and oxygen atoms in total. The summed E-state index contributed by atoms with van der Waals surface area (Å²) in [5.41, 5.74) is 0. The van der Waals surface area contributed by atoms with Gasteiger partial charge in [-0.25, -0.2) is 4.79 Å². The zero-order valence-corrected chi connectivity index (χ0v) is 8.86. The third kappa shape index (κ3) is 3.02. The molecular formula is C11H14N2O2. The Balaban J connectivity index is 2.60. The monoisotopic (exact) mass is 206 g/mol. The molecule has 80 valence electrons. The van der Waals surface area contributed by atoms with E-state index in [0.717, 1.165) is 0 Å². The molecule has 4 heteroatoms. The highest BCUT2D eigenvalue weighted by molar-refractivity contribution is 5.72. The molecule has 0 saturated heterocycles. The molecule has 0 heterocycles. The predicted octanol–water partition coefficient (Wildman–Crippen LogP) is 1.81. The second kappa shape index (κ2) is 5.05. The summed E-state index contributed by atoms with van der Waals surface area (Å²) in [5.74, 6) is 0.995. The van der Waals surface area contributed by atoms with E-state index in [1.54, 1.807) is 38.4 Å². The van der Waals surface area contributed by atoms with Crippen molar-refractivity contribution in [2.75, 3.05) is 14.1 Å². The fraction of sp³-hybridized carbons (Fsp3) is 0.182. The molecule has 0 atom stereocenters. The first-order chi connectivity index (χ1) is 7.15. The second-order valence-corrected chi connectivity index (χ2v) is 2.94. The Morgan fingerprint density at radius 1 is 1.40 bits per heavy atom. The highest BCUT2D eigenvalue weighted by Gasteiger charge is 2.12. The number of benzene rings is 1. The Morgan fingerprint density at radius 2 is 2.00 bits per heavy atom.